The van der Waals surface area contributed by atoms with Crippen molar-refractivity contribution in [2.75, 3.05) is 24.6 Å². The van der Waals surface area contributed by atoms with Crippen molar-refractivity contribution in [2.24, 2.45) is 0 Å². The molecule has 2 saturated heterocycles. The molecule has 0 aliphatic carbocycles. The van der Waals surface area contributed by atoms with Crippen LogP contribution in [0.5, 0.6) is 5.75 Å². The molecule has 2 N–H and O–H groups in total. The maximum atomic E-state index is 12.2. The summed E-state index contributed by atoms with van der Waals surface area (Å²) in [6.07, 6.45) is 3.01. The van der Waals surface area contributed by atoms with Crippen molar-refractivity contribution in [1.82, 2.24) is 10.6 Å². The van der Waals surface area contributed by atoms with Gasteiger partial charge in [-0.1, -0.05) is 12.1 Å². The third-order valence-electron chi connectivity index (χ3n) is 4.72. The lowest BCUT2D eigenvalue weighted by Gasteiger charge is -2.36. The highest BCUT2D eigenvalue weighted by Gasteiger charge is 2.29. The van der Waals surface area contributed by atoms with Gasteiger partial charge in [0.25, 0.3) is 11.1 Å². The van der Waals surface area contributed by atoms with Crippen LogP contribution in [0.1, 0.15) is 46.1 Å². The van der Waals surface area contributed by atoms with Gasteiger partial charge >= 0.3 is 6.09 Å². The number of piperidine rings is 1. The highest BCUT2D eigenvalue weighted by molar-refractivity contribution is 8.18. The highest BCUT2D eigenvalue weighted by atomic mass is 32.2. The minimum absolute atomic E-state index is 0.0792. The summed E-state index contributed by atoms with van der Waals surface area (Å²) in [6, 6.07) is 5.57. The van der Waals surface area contributed by atoms with Gasteiger partial charge in [0.2, 0.25) is 0 Å². The molecule has 3 rings (SSSR count). The monoisotopic (exact) mass is 447 g/mol. The number of thioether (sulfide) groups is 1. The molecular weight excluding hydrogens is 418 g/mol. The predicted octanol–water partition coefficient (Wildman–Crippen LogP) is 3.90. The lowest BCUT2D eigenvalue weighted by atomic mass is 10.0. The van der Waals surface area contributed by atoms with E-state index in [-0.39, 0.29) is 11.3 Å². The Hall–Kier alpha value is -2.68. The van der Waals surface area contributed by atoms with E-state index in [9.17, 15) is 14.4 Å². The van der Waals surface area contributed by atoms with Crippen LogP contribution in [0.3, 0.4) is 0 Å². The van der Waals surface area contributed by atoms with Crippen LogP contribution in [0.25, 0.3) is 6.08 Å². The topological polar surface area (TPSA) is 97.0 Å². The van der Waals surface area contributed by atoms with Gasteiger partial charge in [-0.2, -0.15) is 0 Å². The van der Waals surface area contributed by atoms with Gasteiger partial charge in [-0.15, -0.1) is 0 Å². The molecule has 2 aliphatic rings. The van der Waals surface area contributed by atoms with Crippen LogP contribution in [-0.4, -0.2) is 48.6 Å². The first-order valence-corrected chi connectivity index (χ1v) is 11.2. The molecule has 0 aromatic heterocycles. The molecule has 1 aromatic carbocycles. The van der Waals surface area contributed by atoms with Gasteiger partial charge in [-0.3, -0.25) is 14.9 Å². The van der Waals surface area contributed by atoms with Gasteiger partial charge in [0.15, 0.2) is 0 Å². The van der Waals surface area contributed by atoms with Crippen LogP contribution in [0.4, 0.5) is 15.3 Å². The highest BCUT2D eigenvalue weighted by Crippen LogP contribution is 2.37. The molecule has 0 spiro atoms. The van der Waals surface area contributed by atoms with E-state index in [0.717, 1.165) is 42.4 Å². The lowest BCUT2D eigenvalue weighted by Crippen LogP contribution is -2.49. The molecule has 3 amide bonds. The van der Waals surface area contributed by atoms with E-state index in [1.54, 1.807) is 6.08 Å². The SMILES string of the molecule is CCOc1cccc(C=C2SC(=O)NC2=O)c1N1CCC[C@@H](NC(=O)OC(C)(C)C)C1. The number of nitrogens with zero attached hydrogens (tertiary/aromatic N) is 1. The summed E-state index contributed by atoms with van der Waals surface area (Å²) >= 11 is 0.886. The van der Waals surface area contributed by atoms with E-state index in [1.807, 2.05) is 45.9 Å². The van der Waals surface area contributed by atoms with E-state index in [2.05, 4.69) is 15.5 Å². The fraction of sp³-hybridized carbons (Fsp3) is 0.500. The van der Waals surface area contributed by atoms with Crippen molar-refractivity contribution < 1.29 is 23.9 Å². The molecule has 0 unspecified atom stereocenters. The molecule has 168 valence electrons. The van der Waals surface area contributed by atoms with Crippen molar-refractivity contribution in [2.45, 2.75) is 52.2 Å². The number of benzene rings is 1. The van der Waals surface area contributed by atoms with E-state index in [0.29, 0.717) is 23.8 Å². The average Bonchev–Trinajstić information content (AvgIpc) is 2.97. The van der Waals surface area contributed by atoms with E-state index in [4.69, 9.17) is 9.47 Å². The standard InChI is InChI=1S/C22H29N3O5S/c1-5-29-16-10-6-8-14(12-17-19(26)24-21(28)31-17)18(16)25-11-7-9-15(13-25)23-20(27)30-22(2,3)4/h6,8,10,12,15H,5,7,9,11,13H2,1-4H3,(H,23,27)(H,24,26,28)/t15-/m1/s1. The number of alkyl carbamates (subject to hydrolysis) is 1. The van der Waals surface area contributed by atoms with Gasteiger partial charge in [0, 0.05) is 24.7 Å². The van der Waals surface area contributed by atoms with Crippen LogP contribution < -0.4 is 20.3 Å². The van der Waals surface area contributed by atoms with Gasteiger partial charge < -0.3 is 19.7 Å². The Morgan fingerprint density at radius 3 is 2.77 bits per heavy atom. The number of ether oxygens (including phenoxy) is 2. The van der Waals surface area contributed by atoms with E-state index in [1.165, 1.54) is 0 Å². The summed E-state index contributed by atoms with van der Waals surface area (Å²) in [5.74, 6) is 0.301. The normalized spacial score (nSPS) is 20.6. The number of anilines is 1. The molecular formula is C22H29N3O5S. The van der Waals surface area contributed by atoms with Crippen LogP contribution >= 0.6 is 11.8 Å². The fourth-order valence-electron chi connectivity index (χ4n) is 3.60. The number of hydrogen-bond donors (Lipinski definition) is 2. The van der Waals surface area contributed by atoms with Crippen LogP contribution in [0.15, 0.2) is 23.1 Å². The second kappa shape index (κ2) is 9.64. The molecule has 0 bridgehead atoms. The second-order valence-electron chi connectivity index (χ2n) is 8.41. The van der Waals surface area contributed by atoms with Crippen molar-refractivity contribution in [3.63, 3.8) is 0 Å². The van der Waals surface area contributed by atoms with Gasteiger partial charge in [0.1, 0.15) is 11.4 Å². The number of hydrogen-bond acceptors (Lipinski definition) is 7. The average molecular weight is 448 g/mol. The minimum atomic E-state index is -0.559. The number of carbonyl (C=O) groups excluding carboxylic acids is 3. The van der Waals surface area contributed by atoms with Crippen LogP contribution in [0.2, 0.25) is 0 Å². The Morgan fingerprint density at radius 1 is 1.35 bits per heavy atom. The molecule has 31 heavy (non-hydrogen) atoms. The Kier molecular flexibility index (Phi) is 7.15. The fourth-order valence-corrected chi connectivity index (χ4v) is 4.27. The summed E-state index contributed by atoms with van der Waals surface area (Å²) < 4.78 is 11.3. The third-order valence-corrected chi connectivity index (χ3v) is 5.53. The zero-order valence-electron chi connectivity index (χ0n) is 18.3. The first kappa shape index (κ1) is 23.0. The molecule has 8 nitrogen and oxygen atoms in total. The second-order valence-corrected chi connectivity index (χ2v) is 9.43. The Labute approximate surface area is 186 Å². The molecule has 0 radical (unpaired) electrons. The third kappa shape index (κ3) is 6.16. The van der Waals surface area contributed by atoms with Gasteiger partial charge in [-0.05, 0) is 64.4 Å². The molecule has 2 aliphatic heterocycles. The van der Waals surface area contributed by atoms with Crippen molar-refractivity contribution in [3.8, 4) is 5.75 Å². The number of rotatable bonds is 5. The zero-order chi connectivity index (χ0) is 22.6. The molecule has 0 saturated carbocycles. The van der Waals surface area contributed by atoms with Crippen molar-refractivity contribution in [3.05, 3.63) is 28.7 Å². The number of imide groups is 1. The summed E-state index contributed by atoms with van der Waals surface area (Å²) in [6.45, 7) is 9.27. The molecule has 2 heterocycles. The van der Waals surface area contributed by atoms with Crippen molar-refractivity contribution in [1.29, 1.82) is 0 Å². The maximum Gasteiger partial charge on any atom is 0.407 e. The largest absolute Gasteiger partial charge is 0.492 e. The number of para-hydroxylation sites is 1. The summed E-state index contributed by atoms with van der Waals surface area (Å²) in [5.41, 5.74) is 1.08. The molecule has 2 fully saturated rings. The number of nitrogens with one attached hydrogen (secondary N) is 2. The predicted molar refractivity (Wildman–Crippen MR) is 121 cm³/mol. The van der Waals surface area contributed by atoms with Gasteiger partial charge in [0.05, 0.1) is 17.2 Å². The van der Waals surface area contributed by atoms with Crippen LogP contribution in [0, 0.1) is 0 Å². The van der Waals surface area contributed by atoms with E-state index >= 15 is 0 Å². The minimum Gasteiger partial charge on any atom is -0.492 e. The lowest BCUT2D eigenvalue weighted by molar-refractivity contribution is -0.115. The Bertz CT molecular complexity index is 894. The number of carbonyl (C=O) groups is 3. The van der Waals surface area contributed by atoms with Crippen molar-refractivity contribution >= 4 is 40.8 Å². The first-order chi connectivity index (χ1) is 14.7. The summed E-state index contributed by atoms with van der Waals surface area (Å²) in [4.78, 5) is 38.3. The Morgan fingerprint density at radius 2 is 2.13 bits per heavy atom. The summed E-state index contributed by atoms with van der Waals surface area (Å²) in [5, 5.41) is 4.87. The Balaban J connectivity index is 1.86. The zero-order valence-corrected chi connectivity index (χ0v) is 19.1. The smallest absolute Gasteiger partial charge is 0.407 e. The van der Waals surface area contributed by atoms with Gasteiger partial charge in [-0.25, -0.2) is 4.79 Å². The molecule has 1 aromatic rings. The maximum absolute atomic E-state index is 12.2. The van der Waals surface area contributed by atoms with E-state index < -0.39 is 17.6 Å². The first-order valence-electron chi connectivity index (χ1n) is 10.4. The number of amides is 3. The van der Waals surface area contributed by atoms with Crippen LogP contribution in [-0.2, 0) is 9.53 Å². The summed E-state index contributed by atoms with van der Waals surface area (Å²) in [7, 11) is 0. The molecule has 1 atom stereocenters. The molecule has 9 heteroatoms. The quantitative estimate of drug-likeness (QED) is 0.661.